The molecule has 30 heavy (non-hydrogen) atoms. The molecule has 146 valence electrons. The van der Waals surface area contributed by atoms with E-state index in [2.05, 4.69) is 48.6 Å². The lowest BCUT2D eigenvalue weighted by Crippen LogP contribution is -2.04. The third-order valence-electron chi connectivity index (χ3n) is 4.97. The topological polar surface area (TPSA) is 42.7 Å². The number of benzene rings is 3. The summed E-state index contributed by atoms with van der Waals surface area (Å²) in [5.41, 5.74) is 4.97. The van der Waals surface area contributed by atoms with Crippen LogP contribution in [0.25, 0.3) is 28.0 Å². The molecule has 4 nitrogen and oxygen atoms in total. The molecule has 5 heteroatoms. The number of nitrogens with zero attached hydrogens (tertiary/aromatic N) is 3. The molecule has 0 aliphatic heterocycles. The number of fused-ring (bicyclic) bond motifs is 1. The summed E-state index contributed by atoms with van der Waals surface area (Å²) >= 11 is 6.06. The Bertz CT molecular complexity index is 1320. The van der Waals surface area contributed by atoms with Crippen LogP contribution in [0.15, 0.2) is 91.0 Å². The number of hydrogen-bond donors (Lipinski definition) is 1. The van der Waals surface area contributed by atoms with Crippen molar-refractivity contribution in [3.05, 3.63) is 102 Å². The second kappa shape index (κ2) is 7.65. The van der Waals surface area contributed by atoms with Crippen LogP contribution in [-0.4, -0.2) is 14.8 Å². The summed E-state index contributed by atoms with van der Waals surface area (Å²) in [4.78, 5) is 4.82. The molecular weight excluding hydrogens is 392 g/mol. The minimum atomic E-state index is 0.701. The molecule has 0 radical (unpaired) electrons. The molecule has 0 saturated heterocycles. The predicted octanol–water partition coefficient (Wildman–Crippen LogP) is 6.79. The summed E-state index contributed by atoms with van der Waals surface area (Å²) in [7, 11) is 0. The summed E-state index contributed by atoms with van der Waals surface area (Å²) in [5, 5.41) is 10.1. The van der Waals surface area contributed by atoms with Gasteiger partial charge in [0.25, 0.3) is 0 Å². The molecule has 1 N–H and O–H groups in total. The zero-order valence-electron chi connectivity index (χ0n) is 16.4. The molecule has 0 atom stereocenters. The fourth-order valence-corrected chi connectivity index (χ4v) is 3.49. The third-order valence-corrected chi connectivity index (χ3v) is 5.23. The number of rotatable bonds is 4. The molecule has 0 fully saturated rings. The molecule has 5 rings (SSSR count). The van der Waals surface area contributed by atoms with Crippen LogP contribution in [-0.2, 0) is 0 Å². The number of anilines is 2. The largest absolute Gasteiger partial charge is 0.340 e. The van der Waals surface area contributed by atoms with Gasteiger partial charge in [-0.15, -0.1) is 0 Å². The molecule has 0 bridgehead atoms. The van der Waals surface area contributed by atoms with Gasteiger partial charge in [-0.1, -0.05) is 59.6 Å². The quantitative estimate of drug-likeness (QED) is 0.354. The van der Waals surface area contributed by atoms with Gasteiger partial charge < -0.3 is 5.32 Å². The normalized spacial score (nSPS) is 11.0. The molecule has 2 heterocycles. The number of para-hydroxylation sites is 1. The van der Waals surface area contributed by atoms with Crippen molar-refractivity contribution in [2.75, 3.05) is 5.32 Å². The van der Waals surface area contributed by atoms with E-state index in [9.17, 15) is 0 Å². The molecule has 0 amide bonds. The first-order valence-electron chi connectivity index (χ1n) is 9.72. The Morgan fingerprint density at radius 3 is 2.40 bits per heavy atom. The van der Waals surface area contributed by atoms with Crippen LogP contribution >= 0.6 is 11.6 Å². The molecular formula is C25H19ClN4. The van der Waals surface area contributed by atoms with Gasteiger partial charge in [0.05, 0.1) is 11.2 Å². The molecule has 0 saturated carbocycles. The second-order valence-electron chi connectivity index (χ2n) is 7.19. The molecule has 3 aromatic carbocycles. The number of nitrogens with one attached hydrogen (secondary N) is 1. The summed E-state index contributed by atoms with van der Waals surface area (Å²) in [6, 6.07) is 30.1. The van der Waals surface area contributed by atoms with Crippen molar-refractivity contribution < 1.29 is 0 Å². The van der Waals surface area contributed by atoms with Gasteiger partial charge in [-0.3, -0.25) is 0 Å². The van der Waals surface area contributed by atoms with E-state index >= 15 is 0 Å². The Morgan fingerprint density at radius 1 is 0.833 bits per heavy atom. The Labute approximate surface area is 179 Å². The van der Waals surface area contributed by atoms with Crippen LogP contribution in [0.1, 0.15) is 5.56 Å². The zero-order chi connectivity index (χ0) is 20.5. The molecule has 0 unspecified atom stereocenters. The lowest BCUT2D eigenvalue weighted by atomic mass is 10.1. The Kier molecular flexibility index (Phi) is 4.69. The third kappa shape index (κ3) is 3.65. The Hall–Kier alpha value is -3.63. The van der Waals surface area contributed by atoms with E-state index in [1.807, 2.05) is 59.3 Å². The highest BCUT2D eigenvalue weighted by Crippen LogP contribution is 2.28. The first kappa shape index (κ1) is 18.4. The first-order chi connectivity index (χ1) is 14.7. The Morgan fingerprint density at radius 2 is 1.60 bits per heavy atom. The van der Waals surface area contributed by atoms with Gasteiger partial charge >= 0.3 is 0 Å². The maximum absolute atomic E-state index is 6.06. The van der Waals surface area contributed by atoms with E-state index in [0.29, 0.717) is 5.02 Å². The predicted molar refractivity (Wildman–Crippen MR) is 124 cm³/mol. The second-order valence-corrected chi connectivity index (χ2v) is 7.62. The SMILES string of the molecule is Cc1ccc(Nc2cc(-c3ccc(Cl)cc3)nn2-c2ccc3ccccc3n2)cc1. The van der Waals surface area contributed by atoms with Crippen molar-refractivity contribution in [1.29, 1.82) is 0 Å². The van der Waals surface area contributed by atoms with Gasteiger partial charge in [-0.2, -0.15) is 9.78 Å². The van der Waals surface area contributed by atoms with Gasteiger partial charge in [-0.05, 0) is 49.4 Å². The average molecular weight is 411 g/mol. The maximum atomic E-state index is 6.06. The average Bonchev–Trinajstić information content (AvgIpc) is 3.19. The minimum absolute atomic E-state index is 0.701. The van der Waals surface area contributed by atoms with Gasteiger partial charge in [0.15, 0.2) is 5.82 Å². The highest BCUT2D eigenvalue weighted by molar-refractivity contribution is 6.30. The van der Waals surface area contributed by atoms with E-state index in [1.165, 1.54) is 5.56 Å². The number of aryl methyl sites for hydroxylation is 1. The van der Waals surface area contributed by atoms with E-state index in [-0.39, 0.29) is 0 Å². The number of hydrogen-bond acceptors (Lipinski definition) is 3. The summed E-state index contributed by atoms with van der Waals surface area (Å²) in [5.74, 6) is 1.59. The molecule has 5 aromatic rings. The minimum Gasteiger partial charge on any atom is -0.340 e. The summed E-state index contributed by atoms with van der Waals surface area (Å²) in [6.07, 6.45) is 0. The van der Waals surface area contributed by atoms with Gasteiger partial charge in [0.2, 0.25) is 0 Å². The lowest BCUT2D eigenvalue weighted by molar-refractivity contribution is 0.864. The van der Waals surface area contributed by atoms with E-state index in [4.69, 9.17) is 21.7 Å². The van der Waals surface area contributed by atoms with E-state index < -0.39 is 0 Å². The standard InChI is InChI=1S/C25H19ClN4/c1-17-6-13-21(14-7-17)27-25-16-23(19-8-11-20(26)12-9-19)29-30(25)24-15-10-18-4-2-3-5-22(18)28-24/h2-16,27H,1H3. The highest BCUT2D eigenvalue weighted by atomic mass is 35.5. The summed E-state index contributed by atoms with van der Waals surface area (Å²) in [6.45, 7) is 2.08. The highest BCUT2D eigenvalue weighted by Gasteiger charge is 2.13. The monoisotopic (exact) mass is 410 g/mol. The first-order valence-corrected chi connectivity index (χ1v) is 10.1. The van der Waals surface area contributed by atoms with Gasteiger partial charge in [0.1, 0.15) is 5.82 Å². The number of pyridine rings is 1. The van der Waals surface area contributed by atoms with Crippen molar-refractivity contribution >= 4 is 34.0 Å². The lowest BCUT2D eigenvalue weighted by Gasteiger charge is -2.10. The fourth-order valence-electron chi connectivity index (χ4n) is 3.36. The molecule has 0 spiro atoms. The van der Waals surface area contributed by atoms with Gasteiger partial charge in [-0.25, -0.2) is 4.98 Å². The van der Waals surface area contributed by atoms with Crippen LogP contribution < -0.4 is 5.32 Å². The summed E-state index contributed by atoms with van der Waals surface area (Å²) < 4.78 is 1.84. The number of halogens is 1. The van der Waals surface area contributed by atoms with Crippen molar-refractivity contribution in [3.63, 3.8) is 0 Å². The maximum Gasteiger partial charge on any atom is 0.156 e. The smallest absolute Gasteiger partial charge is 0.156 e. The van der Waals surface area contributed by atoms with Gasteiger partial charge in [0, 0.05) is 27.7 Å². The van der Waals surface area contributed by atoms with Crippen LogP contribution in [0.3, 0.4) is 0 Å². The number of aromatic nitrogens is 3. The van der Waals surface area contributed by atoms with Crippen molar-refractivity contribution in [1.82, 2.24) is 14.8 Å². The Balaban J connectivity index is 1.62. The van der Waals surface area contributed by atoms with E-state index in [1.54, 1.807) is 0 Å². The van der Waals surface area contributed by atoms with Crippen LogP contribution in [0, 0.1) is 6.92 Å². The van der Waals surface area contributed by atoms with Crippen LogP contribution in [0.5, 0.6) is 0 Å². The van der Waals surface area contributed by atoms with Crippen LogP contribution in [0.2, 0.25) is 5.02 Å². The van der Waals surface area contributed by atoms with E-state index in [0.717, 1.165) is 39.5 Å². The van der Waals surface area contributed by atoms with Crippen molar-refractivity contribution in [3.8, 4) is 17.1 Å². The van der Waals surface area contributed by atoms with Crippen molar-refractivity contribution in [2.45, 2.75) is 6.92 Å². The van der Waals surface area contributed by atoms with Crippen LogP contribution in [0.4, 0.5) is 11.5 Å². The molecule has 2 aromatic heterocycles. The molecule has 0 aliphatic carbocycles. The zero-order valence-corrected chi connectivity index (χ0v) is 17.1. The molecule has 0 aliphatic rings. The van der Waals surface area contributed by atoms with Crippen molar-refractivity contribution in [2.24, 2.45) is 0 Å². The fraction of sp³-hybridized carbons (Fsp3) is 0.0400.